The van der Waals surface area contributed by atoms with Crippen molar-refractivity contribution in [3.63, 3.8) is 0 Å². The van der Waals surface area contributed by atoms with Gasteiger partial charge in [-0.2, -0.15) is 0 Å². The van der Waals surface area contributed by atoms with Gasteiger partial charge in [-0.3, -0.25) is 4.79 Å². The van der Waals surface area contributed by atoms with Crippen molar-refractivity contribution in [3.05, 3.63) is 41.2 Å². The first kappa shape index (κ1) is 13.8. The van der Waals surface area contributed by atoms with Crippen LogP contribution in [0.15, 0.2) is 36.2 Å². The Balaban J connectivity index is 2.07. The monoisotopic (exact) mass is 300 g/mol. The SMILES string of the molecule is C=CCN1C(=O)C(C)Oc2ccc(-c3csc(C)n3)cc21. The molecule has 0 fully saturated rings. The number of hydrogen-bond acceptors (Lipinski definition) is 4. The molecule has 1 unspecified atom stereocenters. The van der Waals surface area contributed by atoms with E-state index in [4.69, 9.17) is 4.74 Å². The van der Waals surface area contributed by atoms with Crippen molar-refractivity contribution in [2.75, 3.05) is 11.4 Å². The van der Waals surface area contributed by atoms with Crippen molar-refractivity contribution < 1.29 is 9.53 Å². The van der Waals surface area contributed by atoms with Gasteiger partial charge in [0.15, 0.2) is 6.10 Å². The van der Waals surface area contributed by atoms with Crippen LogP contribution in [0.3, 0.4) is 0 Å². The second-order valence-electron chi connectivity index (χ2n) is 4.93. The van der Waals surface area contributed by atoms with Gasteiger partial charge in [-0.15, -0.1) is 17.9 Å². The average molecular weight is 300 g/mol. The molecule has 1 aliphatic heterocycles. The number of hydrogen-bond donors (Lipinski definition) is 0. The topological polar surface area (TPSA) is 42.4 Å². The number of thiazole rings is 1. The molecule has 0 aliphatic carbocycles. The minimum Gasteiger partial charge on any atom is -0.479 e. The van der Waals surface area contributed by atoms with Gasteiger partial charge in [0.1, 0.15) is 5.75 Å². The summed E-state index contributed by atoms with van der Waals surface area (Å²) in [6.07, 6.45) is 1.25. The van der Waals surface area contributed by atoms with Crippen LogP contribution >= 0.6 is 11.3 Å². The quantitative estimate of drug-likeness (QED) is 0.816. The van der Waals surface area contributed by atoms with E-state index in [1.165, 1.54) is 0 Å². The van der Waals surface area contributed by atoms with Crippen molar-refractivity contribution in [1.29, 1.82) is 0 Å². The Morgan fingerprint density at radius 2 is 2.33 bits per heavy atom. The number of fused-ring (bicyclic) bond motifs is 1. The molecular weight excluding hydrogens is 284 g/mol. The maximum atomic E-state index is 12.3. The molecule has 0 bridgehead atoms. The lowest BCUT2D eigenvalue weighted by molar-refractivity contribution is -0.125. The Hall–Kier alpha value is -2.14. The number of carbonyl (C=O) groups excluding carboxylic acids is 1. The molecule has 0 saturated carbocycles. The Labute approximate surface area is 127 Å². The van der Waals surface area contributed by atoms with E-state index in [0.29, 0.717) is 6.54 Å². The van der Waals surface area contributed by atoms with Gasteiger partial charge in [0, 0.05) is 17.5 Å². The molecule has 1 amide bonds. The largest absolute Gasteiger partial charge is 0.479 e. The highest BCUT2D eigenvalue weighted by atomic mass is 32.1. The molecule has 0 spiro atoms. The molecule has 108 valence electrons. The minimum atomic E-state index is -0.468. The molecule has 4 nitrogen and oxygen atoms in total. The number of amides is 1. The maximum absolute atomic E-state index is 12.3. The predicted molar refractivity (Wildman–Crippen MR) is 84.9 cm³/mol. The summed E-state index contributed by atoms with van der Waals surface area (Å²) in [7, 11) is 0. The lowest BCUT2D eigenvalue weighted by atomic mass is 10.1. The number of anilines is 1. The summed E-state index contributed by atoms with van der Waals surface area (Å²) in [4.78, 5) is 18.5. The maximum Gasteiger partial charge on any atom is 0.268 e. The van der Waals surface area contributed by atoms with Crippen molar-refractivity contribution in [3.8, 4) is 17.0 Å². The van der Waals surface area contributed by atoms with E-state index in [0.717, 1.165) is 27.7 Å². The van der Waals surface area contributed by atoms with Crippen LogP contribution in [-0.2, 0) is 4.79 Å². The van der Waals surface area contributed by atoms with Gasteiger partial charge in [-0.05, 0) is 32.0 Å². The van der Waals surface area contributed by atoms with E-state index in [9.17, 15) is 4.79 Å². The highest BCUT2D eigenvalue weighted by molar-refractivity contribution is 7.09. The van der Waals surface area contributed by atoms with E-state index in [2.05, 4.69) is 11.6 Å². The van der Waals surface area contributed by atoms with Crippen molar-refractivity contribution in [2.24, 2.45) is 0 Å². The number of ether oxygens (including phenoxy) is 1. The summed E-state index contributed by atoms with van der Waals surface area (Å²) in [6, 6.07) is 5.83. The van der Waals surface area contributed by atoms with Gasteiger partial charge in [0.25, 0.3) is 5.91 Å². The predicted octanol–water partition coefficient (Wildman–Crippen LogP) is 3.42. The van der Waals surface area contributed by atoms with Crippen LogP contribution in [-0.4, -0.2) is 23.5 Å². The molecule has 0 N–H and O–H groups in total. The van der Waals surface area contributed by atoms with Crippen LogP contribution in [0, 0.1) is 6.92 Å². The zero-order chi connectivity index (χ0) is 15.0. The second-order valence-corrected chi connectivity index (χ2v) is 5.99. The van der Waals surface area contributed by atoms with Crippen molar-refractivity contribution in [2.45, 2.75) is 20.0 Å². The van der Waals surface area contributed by atoms with Crippen LogP contribution in [0.2, 0.25) is 0 Å². The van der Waals surface area contributed by atoms with E-state index in [1.807, 2.05) is 30.5 Å². The Morgan fingerprint density at radius 1 is 1.52 bits per heavy atom. The first-order valence-electron chi connectivity index (χ1n) is 6.75. The number of nitrogens with zero attached hydrogens (tertiary/aromatic N) is 2. The summed E-state index contributed by atoms with van der Waals surface area (Å²) in [5, 5.41) is 3.04. The molecule has 21 heavy (non-hydrogen) atoms. The van der Waals surface area contributed by atoms with E-state index >= 15 is 0 Å². The van der Waals surface area contributed by atoms with Gasteiger partial charge < -0.3 is 9.64 Å². The summed E-state index contributed by atoms with van der Waals surface area (Å²) in [5.41, 5.74) is 2.68. The Kier molecular flexibility index (Phi) is 3.51. The Morgan fingerprint density at radius 3 is 3.00 bits per heavy atom. The molecule has 0 radical (unpaired) electrons. The van der Waals surface area contributed by atoms with Crippen LogP contribution in [0.1, 0.15) is 11.9 Å². The summed E-state index contributed by atoms with van der Waals surface area (Å²) >= 11 is 1.61. The molecular formula is C16H16N2O2S. The van der Waals surface area contributed by atoms with Gasteiger partial charge in [-0.1, -0.05) is 6.08 Å². The van der Waals surface area contributed by atoms with Gasteiger partial charge in [-0.25, -0.2) is 4.98 Å². The smallest absolute Gasteiger partial charge is 0.268 e. The highest BCUT2D eigenvalue weighted by Gasteiger charge is 2.31. The second kappa shape index (κ2) is 5.33. The third-order valence-electron chi connectivity index (χ3n) is 3.39. The number of benzene rings is 1. The lowest BCUT2D eigenvalue weighted by Crippen LogP contribution is -2.44. The van der Waals surface area contributed by atoms with Crippen LogP contribution in [0.4, 0.5) is 5.69 Å². The zero-order valence-electron chi connectivity index (χ0n) is 12.0. The fourth-order valence-electron chi connectivity index (χ4n) is 2.38. The first-order valence-corrected chi connectivity index (χ1v) is 7.63. The molecule has 1 aliphatic rings. The standard InChI is InChI=1S/C16H16N2O2S/c1-4-7-18-14-8-12(13-9-21-11(3)17-13)5-6-15(14)20-10(2)16(18)19/h4-6,8-10H,1,7H2,2-3H3. The van der Waals surface area contributed by atoms with Gasteiger partial charge >= 0.3 is 0 Å². The lowest BCUT2D eigenvalue weighted by Gasteiger charge is -2.32. The van der Waals surface area contributed by atoms with E-state index in [-0.39, 0.29) is 5.91 Å². The normalized spacial score (nSPS) is 17.3. The molecule has 1 aromatic carbocycles. The van der Waals surface area contributed by atoms with Crippen molar-refractivity contribution in [1.82, 2.24) is 4.98 Å². The molecule has 0 saturated heterocycles. The zero-order valence-corrected chi connectivity index (χ0v) is 12.8. The molecule has 1 aromatic heterocycles. The van der Waals surface area contributed by atoms with Crippen LogP contribution in [0.5, 0.6) is 5.75 Å². The number of carbonyl (C=O) groups is 1. The summed E-state index contributed by atoms with van der Waals surface area (Å²) in [6.45, 7) is 7.94. The Bertz CT molecular complexity index is 708. The average Bonchev–Trinajstić information content (AvgIpc) is 2.90. The fourth-order valence-corrected chi connectivity index (χ4v) is 3.00. The summed E-state index contributed by atoms with van der Waals surface area (Å²) < 4.78 is 5.67. The third-order valence-corrected chi connectivity index (χ3v) is 4.17. The molecule has 2 aromatic rings. The van der Waals surface area contributed by atoms with E-state index < -0.39 is 6.10 Å². The van der Waals surface area contributed by atoms with Crippen molar-refractivity contribution >= 4 is 22.9 Å². The minimum absolute atomic E-state index is 0.0472. The van der Waals surface area contributed by atoms with Gasteiger partial charge in [0.05, 0.1) is 16.4 Å². The molecule has 2 heterocycles. The number of aromatic nitrogens is 1. The fraction of sp³-hybridized carbons (Fsp3) is 0.250. The third kappa shape index (κ3) is 2.45. The highest BCUT2D eigenvalue weighted by Crippen LogP contribution is 2.37. The van der Waals surface area contributed by atoms with Crippen LogP contribution in [0.25, 0.3) is 11.3 Å². The van der Waals surface area contributed by atoms with Gasteiger partial charge in [0.2, 0.25) is 0 Å². The molecule has 3 rings (SSSR count). The van der Waals surface area contributed by atoms with E-state index in [1.54, 1.807) is 29.2 Å². The van der Waals surface area contributed by atoms with Crippen LogP contribution < -0.4 is 9.64 Å². The first-order chi connectivity index (χ1) is 10.1. The summed E-state index contributed by atoms with van der Waals surface area (Å²) in [5.74, 6) is 0.675. The molecule has 5 heteroatoms. The number of aryl methyl sites for hydroxylation is 1. The molecule has 1 atom stereocenters. The number of rotatable bonds is 3.